The van der Waals surface area contributed by atoms with E-state index in [0.717, 1.165) is 12.1 Å². The summed E-state index contributed by atoms with van der Waals surface area (Å²) in [5.41, 5.74) is -0.863. The number of rotatable bonds is 1. The van der Waals surface area contributed by atoms with Crippen molar-refractivity contribution in [2.45, 2.75) is 12.6 Å². The van der Waals surface area contributed by atoms with Gasteiger partial charge in [0, 0.05) is 20.1 Å². The summed E-state index contributed by atoms with van der Waals surface area (Å²) in [5, 5.41) is -0.236. The first kappa shape index (κ1) is 14.9. The van der Waals surface area contributed by atoms with Gasteiger partial charge in [0.05, 0.1) is 12.1 Å². The van der Waals surface area contributed by atoms with Crippen molar-refractivity contribution in [3.05, 3.63) is 22.8 Å². The van der Waals surface area contributed by atoms with Crippen LogP contribution in [-0.2, 0) is 11.0 Å². The SMILES string of the molecule is CN1CCCN(c2cc(C(F)(F)F)cc(Cl)n2)CC1=O. The highest BCUT2D eigenvalue weighted by atomic mass is 35.5. The van der Waals surface area contributed by atoms with Gasteiger partial charge < -0.3 is 9.80 Å². The Morgan fingerprint density at radius 1 is 1.30 bits per heavy atom. The van der Waals surface area contributed by atoms with E-state index in [9.17, 15) is 18.0 Å². The second kappa shape index (κ2) is 5.47. The van der Waals surface area contributed by atoms with Crippen molar-refractivity contribution < 1.29 is 18.0 Å². The molecule has 0 aliphatic carbocycles. The van der Waals surface area contributed by atoms with E-state index in [0.29, 0.717) is 19.5 Å². The number of halogens is 4. The van der Waals surface area contributed by atoms with Gasteiger partial charge in [-0.15, -0.1) is 0 Å². The summed E-state index contributed by atoms with van der Waals surface area (Å²) < 4.78 is 38.3. The molecule has 0 unspecified atom stereocenters. The van der Waals surface area contributed by atoms with Crippen LogP contribution in [0.5, 0.6) is 0 Å². The molecule has 1 aromatic rings. The molecule has 1 aliphatic heterocycles. The monoisotopic (exact) mass is 307 g/mol. The second-order valence-corrected chi connectivity index (χ2v) is 5.01. The van der Waals surface area contributed by atoms with Crippen molar-refractivity contribution in [2.75, 3.05) is 31.6 Å². The Balaban J connectivity index is 2.32. The van der Waals surface area contributed by atoms with Crippen molar-refractivity contribution in [3.63, 3.8) is 0 Å². The van der Waals surface area contributed by atoms with Gasteiger partial charge in [-0.1, -0.05) is 11.6 Å². The van der Waals surface area contributed by atoms with E-state index in [-0.39, 0.29) is 23.4 Å². The van der Waals surface area contributed by atoms with Crippen LogP contribution >= 0.6 is 11.6 Å². The van der Waals surface area contributed by atoms with Crippen molar-refractivity contribution in [1.29, 1.82) is 0 Å². The minimum Gasteiger partial charge on any atom is -0.347 e. The molecule has 0 N–H and O–H groups in total. The number of carbonyl (C=O) groups excluding carboxylic acids is 1. The highest BCUT2D eigenvalue weighted by Gasteiger charge is 2.32. The molecule has 1 amide bonds. The first-order valence-corrected chi connectivity index (χ1v) is 6.39. The molecule has 2 rings (SSSR count). The number of nitrogens with zero attached hydrogens (tertiary/aromatic N) is 3. The first-order valence-electron chi connectivity index (χ1n) is 6.01. The van der Waals surface area contributed by atoms with Crippen LogP contribution in [0.25, 0.3) is 0 Å². The van der Waals surface area contributed by atoms with Gasteiger partial charge in [-0.05, 0) is 18.6 Å². The van der Waals surface area contributed by atoms with E-state index in [4.69, 9.17) is 11.6 Å². The molecule has 1 aromatic heterocycles. The molecule has 0 aromatic carbocycles. The van der Waals surface area contributed by atoms with Gasteiger partial charge in [-0.3, -0.25) is 4.79 Å². The molecule has 1 fully saturated rings. The van der Waals surface area contributed by atoms with E-state index in [1.807, 2.05) is 0 Å². The zero-order chi connectivity index (χ0) is 14.9. The van der Waals surface area contributed by atoms with Crippen LogP contribution in [0.2, 0.25) is 5.15 Å². The van der Waals surface area contributed by atoms with Crippen LogP contribution in [0.15, 0.2) is 12.1 Å². The summed E-state index contributed by atoms with van der Waals surface area (Å²) >= 11 is 5.65. The van der Waals surface area contributed by atoms with Crippen LogP contribution in [0, 0.1) is 0 Å². The lowest BCUT2D eigenvalue weighted by atomic mass is 10.2. The lowest BCUT2D eigenvalue weighted by molar-refractivity contribution is -0.137. The summed E-state index contributed by atoms with van der Waals surface area (Å²) in [6, 6.07) is 1.70. The van der Waals surface area contributed by atoms with Crippen LogP contribution in [0.4, 0.5) is 19.0 Å². The van der Waals surface area contributed by atoms with Crippen LogP contribution < -0.4 is 4.90 Å². The third kappa shape index (κ3) is 3.33. The Kier molecular flexibility index (Phi) is 4.08. The third-order valence-corrected chi connectivity index (χ3v) is 3.30. The predicted octanol–water partition coefficient (Wildman–Crippen LogP) is 2.42. The van der Waals surface area contributed by atoms with Gasteiger partial charge in [0.15, 0.2) is 0 Å². The van der Waals surface area contributed by atoms with Gasteiger partial charge in [0.1, 0.15) is 11.0 Å². The van der Waals surface area contributed by atoms with Crippen molar-refractivity contribution in [2.24, 2.45) is 0 Å². The lowest BCUT2D eigenvalue weighted by Gasteiger charge is -2.22. The maximum absolute atomic E-state index is 12.8. The number of anilines is 1. The standard InChI is InChI=1S/C12H13ClF3N3O/c1-18-3-2-4-19(7-11(18)20)10-6-8(12(14,15)16)5-9(13)17-10/h5-6H,2-4,7H2,1H3. The Morgan fingerprint density at radius 2 is 2.00 bits per heavy atom. The molecule has 2 heterocycles. The number of aromatic nitrogens is 1. The highest BCUT2D eigenvalue weighted by Crippen LogP contribution is 2.33. The molecule has 1 saturated heterocycles. The molecule has 0 radical (unpaired) electrons. The molecule has 8 heteroatoms. The van der Waals surface area contributed by atoms with E-state index in [1.54, 1.807) is 11.9 Å². The van der Waals surface area contributed by atoms with Crippen molar-refractivity contribution in [1.82, 2.24) is 9.88 Å². The summed E-state index contributed by atoms with van der Waals surface area (Å²) in [6.45, 7) is 1.03. The van der Waals surface area contributed by atoms with E-state index in [1.165, 1.54) is 4.90 Å². The topological polar surface area (TPSA) is 36.4 Å². The number of alkyl halides is 3. The Morgan fingerprint density at radius 3 is 2.65 bits per heavy atom. The summed E-state index contributed by atoms with van der Waals surface area (Å²) in [5.74, 6) is -0.0775. The van der Waals surface area contributed by atoms with Crippen molar-refractivity contribution in [3.8, 4) is 0 Å². The number of likely N-dealkylation sites (N-methyl/N-ethyl adjacent to an activating group) is 1. The largest absolute Gasteiger partial charge is 0.416 e. The predicted molar refractivity (Wildman–Crippen MR) is 68.7 cm³/mol. The minimum atomic E-state index is -4.49. The maximum Gasteiger partial charge on any atom is 0.416 e. The number of amides is 1. The second-order valence-electron chi connectivity index (χ2n) is 4.62. The van der Waals surface area contributed by atoms with Gasteiger partial charge in [0.2, 0.25) is 5.91 Å². The van der Waals surface area contributed by atoms with E-state index in [2.05, 4.69) is 4.98 Å². The molecule has 0 atom stereocenters. The van der Waals surface area contributed by atoms with E-state index < -0.39 is 11.7 Å². The highest BCUT2D eigenvalue weighted by molar-refractivity contribution is 6.29. The van der Waals surface area contributed by atoms with Crippen LogP contribution in [-0.4, -0.2) is 42.5 Å². The summed E-state index contributed by atoms with van der Waals surface area (Å²) in [6.07, 6.45) is -3.83. The molecule has 0 saturated carbocycles. The molecular weight excluding hydrogens is 295 g/mol. The summed E-state index contributed by atoms with van der Waals surface area (Å²) in [7, 11) is 1.67. The van der Waals surface area contributed by atoms with Crippen LogP contribution in [0.1, 0.15) is 12.0 Å². The number of hydrogen-bond donors (Lipinski definition) is 0. The fourth-order valence-electron chi connectivity index (χ4n) is 1.99. The number of carbonyl (C=O) groups is 1. The Hall–Kier alpha value is -1.50. The van der Waals surface area contributed by atoms with Gasteiger partial charge in [-0.2, -0.15) is 13.2 Å². The van der Waals surface area contributed by atoms with Gasteiger partial charge >= 0.3 is 6.18 Å². The van der Waals surface area contributed by atoms with Gasteiger partial charge in [0.25, 0.3) is 0 Å². The molecule has 4 nitrogen and oxygen atoms in total. The fraction of sp³-hybridized carbons (Fsp3) is 0.500. The van der Waals surface area contributed by atoms with Crippen LogP contribution in [0.3, 0.4) is 0 Å². The average molecular weight is 308 g/mol. The van der Waals surface area contributed by atoms with Crippen molar-refractivity contribution >= 4 is 23.3 Å². The molecule has 20 heavy (non-hydrogen) atoms. The smallest absolute Gasteiger partial charge is 0.347 e. The normalized spacial score (nSPS) is 17.4. The Labute approximate surface area is 119 Å². The fourth-order valence-corrected chi connectivity index (χ4v) is 2.19. The molecule has 1 aliphatic rings. The maximum atomic E-state index is 12.8. The van der Waals surface area contributed by atoms with E-state index >= 15 is 0 Å². The summed E-state index contributed by atoms with van der Waals surface area (Å²) in [4.78, 5) is 18.7. The average Bonchev–Trinajstić information content (AvgIpc) is 2.50. The van der Waals surface area contributed by atoms with Gasteiger partial charge in [-0.25, -0.2) is 4.98 Å². The molecule has 0 spiro atoms. The first-order chi connectivity index (χ1) is 9.27. The zero-order valence-electron chi connectivity index (χ0n) is 10.7. The quantitative estimate of drug-likeness (QED) is 0.748. The number of hydrogen-bond acceptors (Lipinski definition) is 3. The number of pyridine rings is 1. The molecular formula is C12H13ClF3N3O. The molecule has 110 valence electrons. The lowest BCUT2D eigenvalue weighted by Crippen LogP contribution is -2.34. The third-order valence-electron chi connectivity index (χ3n) is 3.11. The minimum absolute atomic E-state index is 0.00113. The molecule has 0 bridgehead atoms. The Bertz CT molecular complexity index is 521. The zero-order valence-corrected chi connectivity index (χ0v) is 11.5.